The predicted molar refractivity (Wildman–Crippen MR) is 89.1 cm³/mol. The highest BCUT2D eigenvalue weighted by Crippen LogP contribution is 2.39. The molecule has 2 unspecified atom stereocenters. The van der Waals surface area contributed by atoms with Gasteiger partial charge in [0, 0.05) is 0 Å². The fourth-order valence-corrected chi connectivity index (χ4v) is 4.38. The highest BCUT2D eigenvalue weighted by atomic mass is 32.2. The summed E-state index contributed by atoms with van der Waals surface area (Å²) >= 11 is 0. The molecule has 2 aromatic carbocycles. The minimum atomic E-state index is -3.69. The number of rotatable bonds is 3. The van der Waals surface area contributed by atoms with E-state index in [0.717, 1.165) is 11.1 Å². The number of sulfonamides is 1. The zero-order valence-electron chi connectivity index (χ0n) is 13.1. The van der Waals surface area contributed by atoms with Gasteiger partial charge in [-0.25, -0.2) is 12.7 Å². The van der Waals surface area contributed by atoms with Crippen LogP contribution >= 0.6 is 0 Å². The van der Waals surface area contributed by atoms with Crippen LogP contribution in [-0.4, -0.2) is 18.8 Å². The zero-order chi connectivity index (χ0) is 16.6. The molecule has 2 aromatic rings. The van der Waals surface area contributed by atoms with Crippen LogP contribution in [0.3, 0.4) is 0 Å². The number of nitrogens with zero attached hydrogens (tertiary/aromatic N) is 1. The van der Waals surface area contributed by atoms with Crippen molar-refractivity contribution in [3.8, 4) is 0 Å². The number of aryl methyl sites for hydroxylation is 1. The molecule has 0 amide bonds. The lowest BCUT2D eigenvalue weighted by Crippen LogP contribution is -2.34. The van der Waals surface area contributed by atoms with E-state index in [4.69, 9.17) is 4.74 Å². The van der Waals surface area contributed by atoms with Crippen LogP contribution in [-0.2, 0) is 14.8 Å². The molecule has 23 heavy (non-hydrogen) atoms. The highest BCUT2D eigenvalue weighted by molar-refractivity contribution is 7.89. The minimum Gasteiger partial charge on any atom is -0.468 e. The molecule has 0 bridgehead atoms. The molecule has 0 spiro atoms. The predicted octanol–water partition coefficient (Wildman–Crippen LogP) is 3.62. The van der Waals surface area contributed by atoms with Crippen molar-refractivity contribution in [1.29, 1.82) is 0 Å². The third kappa shape index (κ3) is 2.72. The van der Waals surface area contributed by atoms with E-state index in [-0.39, 0.29) is 22.9 Å². The van der Waals surface area contributed by atoms with E-state index in [1.807, 2.05) is 44.2 Å². The van der Waals surface area contributed by atoms with Crippen molar-refractivity contribution >= 4 is 10.0 Å². The van der Waals surface area contributed by atoms with E-state index in [2.05, 4.69) is 6.58 Å². The van der Waals surface area contributed by atoms with Gasteiger partial charge in [-0.05, 0) is 38.1 Å². The summed E-state index contributed by atoms with van der Waals surface area (Å²) in [5, 5.41) is 0. The summed E-state index contributed by atoms with van der Waals surface area (Å²) in [5.74, 6) is 0.159. The average Bonchev–Trinajstić information content (AvgIpc) is 2.84. The Hall–Kier alpha value is -2.27. The Morgan fingerprint density at radius 1 is 1.04 bits per heavy atom. The second-order valence-corrected chi connectivity index (χ2v) is 7.51. The molecule has 4 nitrogen and oxygen atoms in total. The highest BCUT2D eigenvalue weighted by Gasteiger charge is 2.43. The van der Waals surface area contributed by atoms with Gasteiger partial charge in [0.2, 0.25) is 0 Å². The van der Waals surface area contributed by atoms with Crippen LogP contribution < -0.4 is 0 Å². The van der Waals surface area contributed by atoms with Gasteiger partial charge >= 0.3 is 0 Å². The Morgan fingerprint density at radius 3 is 2.26 bits per heavy atom. The van der Waals surface area contributed by atoms with Gasteiger partial charge in [-0.1, -0.05) is 48.0 Å². The van der Waals surface area contributed by atoms with Gasteiger partial charge in [0.25, 0.3) is 10.0 Å². The molecule has 120 valence electrons. The number of hydrogen-bond donors (Lipinski definition) is 0. The van der Waals surface area contributed by atoms with Crippen molar-refractivity contribution in [2.75, 3.05) is 0 Å². The molecule has 1 aliphatic rings. The van der Waals surface area contributed by atoms with Crippen LogP contribution in [0.1, 0.15) is 24.2 Å². The van der Waals surface area contributed by atoms with E-state index in [1.165, 1.54) is 4.31 Å². The number of ether oxygens (including phenoxy) is 1. The molecule has 3 rings (SSSR count). The first-order chi connectivity index (χ1) is 10.9. The van der Waals surface area contributed by atoms with Gasteiger partial charge in [0.05, 0.1) is 10.9 Å². The first-order valence-corrected chi connectivity index (χ1v) is 8.87. The van der Waals surface area contributed by atoms with E-state index < -0.39 is 10.0 Å². The first kappa shape index (κ1) is 15.6. The van der Waals surface area contributed by atoms with Crippen molar-refractivity contribution in [1.82, 2.24) is 4.31 Å². The molecule has 1 aliphatic heterocycles. The first-order valence-electron chi connectivity index (χ1n) is 7.43. The molecule has 1 heterocycles. The summed E-state index contributed by atoms with van der Waals surface area (Å²) in [6.45, 7) is 7.55. The van der Waals surface area contributed by atoms with Gasteiger partial charge in [-0.15, -0.1) is 0 Å². The van der Waals surface area contributed by atoms with Crippen LogP contribution in [0.4, 0.5) is 0 Å². The lowest BCUT2D eigenvalue weighted by molar-refractivity contribution is 0.155. The van der Waals surface area contributed by atoms with Gasteiger partial charge in [0.1, 0.15) is 6.10 Å². The van der Waals surface area contributed by atoms with Gasteiger partial charge < -0.3 is 4.74 Å². The second kappa shape index (κ2) is 5.74. The van der Waals surface area contributed by atoms with E-state index >= 15 is 0 Å². The lowest BCUT2D eigenvalue weighted by Gasteiger charge is -2.22. The van der Waals surface area contributed by atoms with Crippen LogP contribution in [0.2, 0.25) is 0 Å². The molecule has 0 radical (unpaired) electrons. The maximum Gasteiger partial charge on any atom is 0.266 e. The maximum atomic E-state index is 12.9. The Kier molecular flexibility index (Phi) is 3.90. The smallest absolute Gasteiger partial charge is 0.266 e. The van der Waals surface area contributed by atoms with Crippen LogP contribution in [0.15, 0.2) is 72.0 Å². The van der Waals surface area contributed by atoms with Crippen molar-refractivity contribution in [3.63, 3.8) is 0 Å². The Morgan fingerprint density at radius 2 is 1.65 bits per heavy atom. The average molecular weight is 329 g/mol. The van der Waals surface area contributed by atoms with E-state index in [9.17, 15) is 8.42 Å². The zero-order valence-corrected chi connectivity index (χ0v) is 14.0. The monoisotopic (exact) mass is 329 g/mol. The van der Waals surface area contributed by atoms with Gasteiger partial charge in [-0.2, -0.15) is 0 Å². The summed E-state index contributed by atoms with van der Waals surface area (Å²) in [4.78, 5) is 0.244. The van der Waals surface area contributed by atoms with E-state index in [0.29, 0.717) is 0 Å². The molecular weight excluding hydrogens is 310 g/mol. The molecular formula is C18H19NO3S. The third-order valence-electron chi connectivity index (χ3n) is 4.02. The molecule has 2 atom stereocenters. The normalized spacial score (nSPS) is 21.3. The van der Waals surface area contributed by atoms with Crippen LogP contribution in [0, 0.1) is 6.92 Å². The van der Waals surface area contributed by atoms with Crippen molar-refractivity contribution in [2.45, 2.75) is 30.9 Å². The summed E-state index contributed by atoms with van der Waals surface area (Å²) in [6, 6.07) is 16.0. The second-order valence-electron chi connectivity index (χ2n) is 5.70. The Labute approximate surface area is 137 Å². The van der Waals surface area contributed by atoms with Crippen LogP contribution in [0.25, 0.3) is 0 Å². The standard InChI is InChI=1S/C18H19NO3S/c1-13-9-11-17(12-10-13)23(20,21)19-14(2)18(22-15(19)3)16-7-5-4-6-8-16/h4-12,14,18H,3H2,1-2H3. The molecule has 1 saturated heterocycles. The summed E-state index contributed by atoms with van der Waals surface area (Å²) in [6.07, 6.45) is -0.357. The molecule has 1 fully saturated rings. The number of hydrogen-bond acceptors (Lipinski definition) is 3. The largest absolute Gasteiger partial charge is 0.468 e. The Bertz CT molecular complexity index is 813. The van der Waals surface area contributed by atoms with Crippen LogP contribution in [0.5, 0.6) is 0 Å². The fourth-order valence-electron chi connectivity index (χ4n) is 2.81. The van der Waals surface area contributed by atoms with Crippen molar-refractivity contribution in [3.05, 3.63) is 78.2 Å². The van der Waals surface area contributed by atoms with Crippen molar-refractivity contribution < 1.29 is 13.2 Å². The molecule has 0 aromatic heterocycles. The SMILES string of the molecule is C=C1OC(c2ccccc2)C(C)N1S(=O)(=O)c1ccc(C)cc1. The maximum absolute atomic E-state index is 12.9. The summed E-state index contributed by atoms with van der Waals surface area (Å²) < 4.78 is 32.9. The number of benzene rings is 2. The molecule has 0 saturated carbocycles. The molecule has 0 aliphatic carbocycles. The fraction of sp³-hybridized carbons (Fsp3) is 0.222. The molecule has 5 heteroatoms. The third-order valence-corrected chi connectivity index (χ3v) is 5.94. The van der Waals surface area contributed by atoms with E-state index in [1.54, 1.807) is 24.3 Å². The Balaban J connectivity index is 1.96. The minimum absolute atomic E-state index is 0.159. The summed E-state index contributed by atoms with van der Waals surface area (Å²) in [7, 11) is -3.69. The van der Waals surface area contributed by atoms with Gasteiger partial charge in [0.15, 0.2) is 5.88 Å². The quantitative estimate of drug-likeness (QED) is 0.864. The summed E-state index contributed by atoms with van der Waals surface area (Å²) in [5.41, 5.74) is 1.94. The lowest BCUT2D eigenvalue weighted by atomic mass is 10.0. The molecule has 0 N–H and O–H groups in total. The van der Waals surface area contributed by atoms with Gasteiger partial charge in [-0.3, -0.25) is 0 Å². The topological polar surface area (TPSA) is 46.6 Å². The van der Waals surface area contributed by atoms with Crippen molar-refractivity contribution in [2.24, 2.45) is 0 Å².